The Labute approximate surface area is 206 Å². The number of carbonyl (C=O) groups is 1. The SMILES string of the molecule is O=C(COc1ccnc2cc(OCc3ccccc3)ccc12)NNc1nnc(N2CCOCC2)nn1. The smallest absolute Gasteiger partial charge is 0.280 e. The minimum Gasteiger partial charge on any atom is -0.489 e. The van der Waals surface area contributed by atoms with Gasteiger partial charge in [-0.05, 0) is 23.8 Å². The summed E-state index contributed by atoms with van der Waals surface area (Å²) >= 11 is 0. The number of ether oxygens (including phenoxy) is 3. The van der Waals surface area contributed by atoms with Crippen molar-refractivity contribution < 1.29 is 19.0 Å². The molecule has 36 heavy (non-hydrogen) atoms. The quantitative estimate of drug-likeness (QED) is 0.333. The Bertz CT molecular complexity index is 1300. The van der Waals surface area contributed by atoms with Crippen LogP contribution in [0.4, 0.5) is 11.9 Å². The molecule has 2 aromatic heterocycles. The van der Waals surface area contributed by atoms with Crippen LogP contribution < -0.4 is 25.2 Å². The molecule has 2 N–H and O–H groups in total. The van der Waals surface area contributed by atoms with E-state index in [1.54, 1.807) is 12.3 Å². The van der Waals surface area contributed by atoms with E-state index in [1.165, 1.54) is 0 Å². The van der Waals surface area contributed by atoms with Crippen LogP contribution in [-0.2, 0) is 16.1 Å². The third-order valence-electron chi connectivity index (χ3n) is 5.36. The molecule has 184 valence electrons. The van der Waals surface area contributed by atoms with E-state index in [-0.39, 0.29) is 12.6 Å². The summed E-state index contributed by atoms with van der Waals surface area (Å²) in [5, 5.41) is 16.7. The van der Waals surface area contributed by atoms with Crippen molar-refractivity contribution in [2.45, 2.75) is 6.61 Å². The molecule has 1 fully saturated rings. The van der Waals surface area contributed by atoms with Gasteiger partial charge in [-0.2, -0.15) is 0 Å². The van der Waals surface area contributed by atoms with E-state index in [1.807, 2.05) is 53.4 Å². The zero-order chi connectivity index (χ0) is 24.6. The summed E-state index contributed by atoms with van der Waals surface area (Å²) in [6.07, 6.45) is 1.62. The van der Waals surface area contributed by atoms with Crippen LogP contribution in [0.5, 0.6) is 11.5 Å². The van der Waals surface area contributed by atoms with Gasteiger partial charge in [-0.1, -0.05) is 30.3 Å². The van der Waals surface area contributed by atoms with Crippen LogP contribution in [0.25, 0.3) is 10.9 Å². The highest BCUT2D eigenvalue weighted by Crippen LogP contribution is 2.27. The van der Waals surface area contributed by atoms with Crippen molar-refractivity contribution in [3.05, 3.63) is 66.4 Å². The molecule has 12 heteroatoms. The average molecular weight is 489 g/mol. The molecule has 0 bridgehead atoms. The predicted octanol–water partition coefficient (Wildman–Crippen LogP) is 1.75. The summed E-state index contributed by atoms with van der Waals surface area (Å²) in [6, 6.07) is 17.2. The normalized spacial score (nSPS) is 13.3. The minimum absolute atomic E-state index is 0.0674. The van der Waals surface area contributed by atoms with Gasteiger partial charge in [0.25, 0.3) is 17.8 Å². The van der Waals surface area contributed by atoms with Crippen molar-refractivity contribution in [1.29, 1.82) is 0 Å². The number of morpholine rings is 1. The largest absolute Gasteiger partial charge is 0.489 e. The van der Waals surface area contributed by atoms with Gasteiger partial charge in [0.2, 0.25) is 0 Å². The number of anilines is 2. The molecule has 3 heterocycles. The van der Waals surface area contributed by atoms with Gasteiger partial charge in [0, 0.05) is 30.7 Å². The van der Waals surface area contributed by atoms with Gasteiger partial charge in [0.15, 0.2) is 6.61 Å². The van der Waals surface area contributed by atoms with Crippen LogP contribution in [-0.4, -0.2) is 64.2 Å². The lowest BCUT2D eigenvalue weighted by molar-refractivity contribution is -0.122. The summed E-state index contributed by atoms with van der Waals surface area (Å²) in [7, 11) is 0. The number of amides is 1. The molecule has 0 atom stereocenters. The van der Waals surface area contributed by atoms with E-state index in [0.29, 0.717) is 55.9 Å². The second kappa shape index (κ2) is 11.2. The van der Waals surface area contributed by atoms with E-state index >= 15 is 0 Å². The number of benzene rings is 2. The van der Waals surface area contributed by atoms with Crippen molar-refractivity contribution >= 4 is 28.7 Å². The number of nitrogens with zero attached hydrogens (tertiary/aromatic N) is 6. The number of rotatable bonds is 9. The Hall–Kier alpha value is -4.58. The van der Waals surface area contributed by atoms with Gasteiger partial charge in [-0.3, -0.25) is 20.6 Å². The number of pyridine rings is 1. The van der Waals surface area contributed by atoms with E-state index in [9.17, 15) is 4.79 Å². The third-order valence-corrected chi connectivity index (χ3v) is 5.36. The van der Waals surface area contributed by atoms with E-state index in [0.717, 1.165) is 10.9 Å². The summed E-state index contributed by atoms with van der Waals surface area (Å²) < 4.78 is 16.9. The Morgan fingerprint density at radius 3 is 2.58 bits per heavy atom. The van der Waals surface area contributed by atoms with Crippen molar-refractivity contribution in [3.8, 4) is 11.5 Å². The lowest BCUT2D eigenvalue weighted by atomic mass is 10.2. The number of hydrogen-bond acceptors (Lipinski definition) is 11. The maximum Gasteiger partial charge on any atom is 0.280 e. The molecular formula is C24H24N8O4. The molecule has 0 radical (unpaired) electrons. The molecule has 0 spiro atoms. The Morgan fingerprint density at radius 1 is 0.972 bits per heavy atom. The number of nitrogens with one attached hydrogen (secondary N) is 2. The second-order valence-corrected chi connectivity index (χ2v) is 7.85. The molecule has 1 saturated heterocycles. The highest BCUT2D eigenvalue weighted by molar-refractivity contribution is 5.86. The lowest BCUT2D eigenvalue weighted by Gasteiger charge is -2.25. The number of hydrazine groups is 1. The Morgan fingerprint density at radius 2 is 1.78 bits per heavy atom. The van der Waals surface area contributed by atoms with Gasteiger partial charge in [0.1, 0.15) is 18.1 Å². The lowest BCUT2D eigenvalue weighted by Crippen LogP contribution is -2.38. The van der Waals surface area contributed by atoms with Crippen molar-refractivity contribution in [3.63, 3.8) is 0 Å². The van der Waals surface area contributed by atoms with Crippen LogP contribution in [0, 0.1) is 0 Å². The zero-order valence-electron chi connectivity index (χ0n) is 19.3. The molecule has 1 amide bonds. The number of carbonyl (C=O) groups excluding carboxylic acids is 1. The molecule has 4 aromatic rings. The van der Waals surface area contributed by atoms with Crippen LogP contribution in [0.1, 0.15) is 5.56 Å². The fourth-order valence-electron chi connectivity index (χ4n) is 3.53. The Kier molecular flexibility index (Phi) is 7.23. The summed E-state index contributed by atoms with van der Waals surface area (Å²) in [5.41, 5.74) is 6.83. The van der Waals surface area contributed by atoms with Crippen LogP contribution in [0.15, 0.2) is 60.8 Å². The minimum atomic E-state index is -0.427. The topological polar surface area (TPSA) is 137 Å². The molecule has 1 aliphatic heterocycles. The first-order valence-corrected chi connectivity index (χ1v) is 11.4. The number of aromatic nitrogens is 5. The maximum atomic E-state index is 12.3. The first-order chi connectivity index (χ1) is 17.7. The van der Waals surface area contributed by atoms with Crippen molar-refractivity contribution in [2.75, 3.05) is 43.2 Å². The standard InChI is InChI=1S/C24H24N8O4/c33-22(26-27-23-28-30-24(31-29-23)32-10-12-34-13-11-32)16-36-21-8-9-25-20-14-18(6-7-19(20)21)35-15-17-4-2-1-3-5-17/h1-9,14H,10-13,15-16H2,(H,26,33)(H,27,28,29). The Balaban J connectivity index is 1.13. The first-order valence-electron chi connectivity index (χ1n) is 11.4. The fraction of sp³-hybridized carbons (Fsp3) is 0.250. The van der Waals surface area contributed by atoms with E-state index in [2.05, 4.69) is 36.2 Å². The monoisotopic (exact) mass is 488 g/mol. The second-order valence-electron chi connectivity index (χ2n) is 7.85. The van der Waals surface area contributed by atoms with Crippen LogP contribution in [0.3, 0.4) is 0 Å². The summed E-state index contributed by atoms with van der Waals surface area (Å²) in [5.74, 6) is 1.28. The zero-order valence-corrected chi connectivity index (χ0v) is 19.3. The molecule has 2 aromatic carbocycles. The number of hydrogen-bond donors (Lipinski definition) is 2. The predicted molar refractivity (Wildman–Crippen MR) is 130 cm³/mol. The summed E-state index contributed by atoms with van der Waals surface area (Å²) in [4.78, 5) is 18.6. The van der Waals surface area contributed by atoms with E-state index < -0.39 is 5.91 Å². The molecular weight excluding hydrogens is 464 g/mol. The van der Waals surface area contributed by atoms with Gasteiger partial charge < -0.3 is 19.1 Å². The molecule has 0 saturated carbocycles. The van der Waals surface area contributed by atoms with Crippen molar-refractivity contribution in [2.24, 2.45) is 0 Å². The highest BCUT2D eigenvalue weighted by atomic mass is 16.5. The molecule has 0 unspecified atom stereocenters. The average Bonchev–Trinajstić information content (AvgIpc) is 2.95. The van der Waals surface area contributed by atoms with Crippen molar-refractivity contribution in [1.82, 2.24) is 30.8 Å². The number of fused-ring (bicyclic) bond motifs is 1. The van der Waals surface area contributed by atoms with Gasteiger partial charge in [-0.15, -0.1) is 20.4 Å². The first kappa shape index (κ1) is 23.2. The fourth-order valence-corrected chi connectivity index (χ4v) is 3.53. The van der Waals surface area contributed by atoms with Crippen LogP contribution in [0.2, 0.25) is 0 Å². The highest BCUT2D eigenvalue weighted by Gasteiger charge is 2.15. The van der Waals surface area contributed by atoms with Crippen LogP contribution >= 0.6 is 0 Å². The van der Waals surface area contributed by atoms with Gasteiger partial charge >= 0.3 is 0 Å². The summed E-state index contributed by atoms with van der Waals surface area (Å²) in [6.45, 7) is 2.79. The van der Waals surface area contributed by atoms with Gasteiger partial charge in [0.05, 0.1) is 18.7 Å². The van der Waals surface area contributed by atoms with Gasteiger partial charge in [-0.25, -0.2) is 0 Å². The molecule has 5 rings (SSSR count). The molecule has 1 aliphatic rings. The maximum absolute atomic E-state index is 12.3. The third kappa shape index (κ3) is 5.91. The molecule has 0 aliphatic carbocycles. The molecule has 12 nitrogen and oxygen atoms in total. The van der Waals surface area contributed by atoms with E-state index in [4.69, 9.17) is 14.2 Å².